The fourth-order valence-electron chi connectivity index (χ4n) is 3.81. The van der Waals surface area contributed by atoms with Gasteiger partial charge in [-0.15, -0.1) is 0 Å². The molecule has 0 spiro atoms. The van der Waals surface area contributed by atoms with Gasteiger partial charge in [0.2, 0.25) is 5.88 Å². The second-order valence-electron chi connectivity index (χ2n) is 7.09. The standard InChI is InChI=1S/C22H21N5O3/c1-28-19-9-15-18(10-20(19)29-2)24-13-25-22(15)27-8-7-14(12-27)30-21-11-23-16-5-3-4-6-17(16)26-21/h3-6,9-11,13-14H,7-8,12H2,1-2H3/t14-/m1/s1. The summed E-state index contributed by atoms with van der Waals surface area (Å²) in [6, 6.07) is 11.6. The average Bonchev–Trinajstić information content (AvgIpc) is 3.25. The molecule has 1 aliphatic rings. The molecule has 0 bridgehead atoms. The zero-order chi connectivity index (χ0) is 20.5. The molecule has 0 saturated carbocycles. The summed E-state index contributed by atoms with van der Waals surface area (Å²) in [6.45, 7) is 1.53. The van der Waals surface area contributed by atoms with Crippen molar-refractivity contribution in [3.63, 3.8) is 0 Å². The van der Waals surface area contributed by atoms with E-state index >= 15 is 0 Å². The summed E-state index contributed by atoms with van der Waals surface area (Å²) in [5.41, 5.74) is 2.49. The van der Waals surface area contributed by atoms with E-state index in [1.165, 1.54) is 0 Å². The summed E-state index contributed by atoms with van der Waals surface area (Å²) in [5.74, 6) is 2.70. The molecule has 152 valence electrons. The molecular formula is C22H21N5O3. The predicted molar refractivity (Wildman–Crippen MR) is 113 cm³/mol. The van der Waals surface area contributed by atoms with Crippen molar-refractivity contribution < 1.29 is 14.2 Å². The van der Waals surface area contributed by atoms with Crippen LogP contribution in [-0.2, 0) is 0 Å². The van der Waals surface area contributed by atoms with Crippen LogP contribution < -0.4 is 19.1 Å². The van der Waals surface area contributed by atoms with E-state index in [-0.39, 0.29) is 6.10 Å². The van der Waals surface area contributed by atoms with Gasteiger partial charge in [-0.25, -0.2) is 19.9 Å². The van der Waals surface area contributed by atoms with Crippen LogP contribution in [0.5, 0.6) is 17.4 Å². The van der Waals surface area contributed by atoms with Gasteiger partial charge >= 0.3 is 0 Å². The molecule has 0 amide bonds. The van der Waals surface area contributed by atoms with E-state index in [2.05, 4.69) is 24.8 Å². The molecule has 8 nitrogen and oxygen atoms in total. The summed E-state index contributed by atoms with van der Waals surface area (Å²) in [7, 11) is 3.24. The van der Waals surface area contributed by atoms with Crippen molar-refractivity contribution in [1.29, 1.82) is 0 Å². The highest BCUT2D eigenvalue weighted by Gasteiger charge is 2.27. The minimum Gasteiger partial charge on any atom is -0.493 e. The molecule has 4 aromatic rings. The Hall–Kier alpha value is -3.68. The summed E-state index contributed by atoms with van der Waals surface area (Å²) in [6.07, 6.45) is 4.13. The Kier molecular flexibility index (Phi) is 4.66. The molecule has 5 rings (SSSR count). The molecule has 0 unspecified atom stereocenters. The van der Waals surface area contributed by atoms with Crippen molar-refractivity contribution in [2.24, 2.45) is 0 Å². The first-order valence-corrected chi connectivity index (χ1v) is 9.75. The van der Waals surface area contributed by atoms with Crippen molar-refractivity contribution in [2.45, 2.75) is 12.5 Å². The summed E-state index contributed by atoms with van der Waals surface area (Å²) >= 11 is 0. The molecule has 0 N–H and O–H groups in total. The maximum atomic E-state index is 6.13. The number of rotatable bonds is 5. The normalized spacial score (nSPS) is 16.2. The predicted octanol–water partition coefficient (Wildman–Crippen LogP) is 3.25. The summed E-state index contributed by atoms with van der Waals surface area (Å²) in [5, 5.41) is 0.918. The van der Waals surface area contributed by atoms with Crippen molar-refractivity contribution >= 4 is 27.8 Å². The Balaban J connectivity index is 1.39. The Bertz CT molecular complexity index is 1220. The van der Waals surface area contributed by atoms with Gasteiger partial charge in [0, 0.05) is 24.4 Å². The quantitative estimate of drug-likeness (QED) is 0.502. The van der Waals surface area contributed by atoms with E-state index in [0.29, 0.717) is 23.9 Å². The second kappa shape index (κ2) is 7.62. The average molecular weight is 403 g/mol. The molecule has 30 heavy (non-hydrogen) atoms. The maximum Gasteiger partial charge on any atom is 0.233 e. The van der Waals surface area contributed by atoms with E-state index in [0.717, 1.165) is 40.7 Å². The Morgan fingerprint density at radius 1 is 0.933 bits per heavy atom. The third-order valence-electron chi connectivity index (χ3n) is 5.28. The lowest BCUT2D eigenvalue weighted by Crippen LogP contribution is -2.25. The number of nitrogens with zero attached hydrogens (tertiary/aromatic N) is 5. The highest BCUT2D eigenvalue weighted by atomic mass is 16.5. The maximum absolute atomic E-state index is 6.13. The van der Waals surface area contributed by atoms with Gasteiger partial charge in [0.1, 0.15) is 18.2 Å². The van der Waals surface area contributed by atoms with Crippen molar-refractivity contribution in [3.05, 3.63) is 48.9 Å². The van der Waals surface area contributed by atoms with Crippen LogP contribution in [0, 0.1) is 0 Å². The number of hydrogen-bond donors (Lipinski definition) is 0. The molecule has 1 atom stereocenters. The van der Waals surface area contributed by atoms with E-state index in [9.17, 15) is 0 Å². The molecule has 0 radical (unpaired) electrons. The van der Waals surface area contributed by atoms with Gasteiger partial charge in [-0.3, -0.25) is 0 Å². The van der Waals surface area contributed by atoms with Crippen LogP contribution in [0.3, 0.4) is 0 Å². The number of methoxy groups -OCH3 is 2. The molecule has 8 heteroatoms. The monoisotopic (exact) mass is 403 g/mol. The third-order valence-corrected chi connectivity index (χ3v) is 5.28. The van der Waals surface area contributed by atoms with Crippen LogP contribution in [0.1, 0.15) is 6.42 Å². The molecular weight excluding hydrogens is 382 g/mol. The highest BCUT2D eigenvalue weighted by molar-refractivity contribution is 5.92. The van der Waals surface area contributed by atoms with Crippen LogP contribution >= 0.6 is 0 Å². The minimum atomic E-state index is 0.00521. The summed E-state index contributed by atoms with van der Waals surface area (Å²) < 4.78 is 17.0. The molecule has 1 fully saturated rings. The van der Waals surface area contributed by atoms with Crippen LogP contribution in [0.25, 0.3) is 21.9 Å². The first-order chi connectivity index (χ1) is 14.7. The van der Waals surface area contributed by atoms with Gasteiger partial charge in [0.05, 0.1) is 43.5 Å². The first kappa shape index (κ1) is 18.4. The Labute approximate surface area is 173 Å². The molecule has 2 aromatic carbocycles. The van der Waals surface area contributed by atoms with Crippen LogP contribution in [0.4, 0.5) is 5.82 Å². The van der Waals surface area contributed by atoms with Crippen LogP contribution in [-0.4, -0.2) is 53.3 Å². The lowest BCUT2D eigenvalue weighted by atomic mass is 10.2. The summed E-state index contributed by atoms with van der Waals surface area (Å²) in [4.78, 5) is 20.1. The van der Waals surface area contributed by atoms with E-state index in [4.69, 9.17) is 14.2 Å². The van der Waals surface area contributed by atoms with Crippen molar-refractivity contribution in [2.75, 3.05) is 32.2 Å². The molecule has 0 aliphatic carbocycles. The topological polar surface area (TPSA) is 82.5 Å². The molecule has 1 aliphatic heterocycles. The fourth-order valence-corrected chi connectivity index (χ4v) is 3.81. The second-order valence-corrected chi connectivity index (χ2v) is 7.09. The van der Waals surface area contributed by atoms with E-state index in [1.54, 1.807) is 26.7 Å². The van der Waals surface area contributed by atoms with Crippen molar-refractivity contribution in [3.8, 4) is 17.4 Å². The smallest absolute Gasteiger partial charge is 0.233 e. The SMILES string of the molecule is COc1cc2ncnc(N3CC[C@@H](Oc4cnc5ccccc5n4)C3)c2cc1OC. The third kappa shape index (κ3) is 3.30. The van der Waals surface area contributed by atoms with Gasteiger partial charge < -0.3 is 19.1 Å². The van der Waals surface area contributed by atoms with Gasteiger partial charge in [0.25, 0.3) is 0 Å². The van der Waals surface area contributed by atoms with Gasteiger partial charge in [-0.2, -0.15) is 0 Å². The lowest BCUT2D eigenvalue weighted by Gasteiger charge is -2.20. The number of ether oxygens (including phenoxy) is 3. The van der Waals surface area contributed by atoms with Crippen LogP contribution in [0.2, 0.25) is 0 Å². The molecule has 1 saturated heterocycles. The number of benzene rings is 2. The van der Waals surface area contributed by atoms with Crippen molar-refractivity contribution in [1.82, 2.24) is 19.9 Å². The number of fused-ring (bicyclic) bond motifs is 2. The van der Waals surface area contributed by atoms with Gasteiger partial charge in [-0.05, 0) is 18.2 Å². The number of para-hydroxylation sites is 2. The number of aromatic nitrogens is 4. The molecule has 3 heterocycles. The zero-order valence-electron chi connectivity index (χ0n) is 16.8. The zero-order valence-corrected chi connectivity index (χ0v) is 16.8. The fraction of sp³-hybridized carbons (Fsp3) is 0.273. The Morgan fingerprint density at radius 2 is 1.73 bits per heavy atom. The minimum absolute atomic E-state index is 0.00521. The van der Waals surface area contributed by atoms with Gasteiger partial charge in [0.15, 0.2) is 11.5 Å². The first-order valence-electron chi connectivity index (χ1n) is 9.75. The number of hydrogen-bond acceptors (Lipinski definition) is 8. The van der Waals surface area contributed by atoms with E-state index in [1.807, 2.05) is 36.4 Å². The van der Waals surface area contributed by atoms with E-state index < -0.39 is 0 Å². The largest absolute Gasteiger partial charge is 0.493 e. The number of anilines is 1. The lowest BCUT2D eigenvalue weighted by molar-refractivity contribution is 0.216. The highest BCUT2D eigenvalue weighted by Crippen LogP contribution is 2.35. The Morgan fingerprint density at radius 3 is 2.57 bits per heavy atom. The van der Waals surface area contributed by atoms with Crippen LogP contribution in [0.15, 0.2) is 48.9 Å². The van der Waals surface area contributed by atoms with Gasteiger partial charge in [-0.1, -0.05) is 12.1 Å². The molecule has 2 aromatic heterocycles.